The topological polar surface area (TPSA) is 106 Å². The van der Waals surface area contributed by atoms with Gasteiger partial charge in [-0.1, -0.05) is 11.6 Å². The van der Waals surface area contributed by atoms with Crippen LogP contribution in [0.15, 0.2) is 30.5 Å². The van der Waals surface area contributed by atoms with Crippen LogP contribution in [0.3, 0.4) is 0 Å². The van der Waals surface area contributed by atoms with E-state index in [1.165, 1.54) is 30.6 Å². The van der Waals surface area contributed by atoms with Crippen molar-refractivity contribution in [2.75, 3.05) is 32.2 Å². The van der Waals surface area contributed by atoms with Crippen molar-refractivity contribution in [2.45, 2.75) is 44.8 Å². The number of hydrogen-bond acceptors (Lipinski definition) is 8. The number of methoxy groups -OCH3 is 1. The molecule has 5 rings (SSSR count). The first kappa shape index (κ1) is 27.3. The van der Waals surface area contributed by atoms with E-state index in [9.17, 15) is 14.0 Å². The number of halogens is 2. The van der Waals surface area contributed by atoms with Gasteiger partial charge in [0.05, 0.1) is 28.8 Å². The second-order valence-electron chi connectivity index (χ2n) is 9.51. The molecular weight excluding hydrogens is 545 g/mol. The number of nitrogens with zero attached hydrogens (tertiary/aromatic N) is 3. The fourth-order valence-electron chi connectivity index (χ4n) is 4.71. The highest BCUT2D eigenvalue weighted by molar-refractivity contribution is 7.16. The summed E-state index contributed by atoms with van der Waals surface area (Å²) in [5.41, 5.74) is 1.68. The summed E-state index contributed by atoms with van der Waals surface area (Å²) in [4.78, 5) is 38.6. The van der Waals surface area contributed by atoms with Gasteiger partial charge in [-0.25, -0.2) is 14.4 Å². The van der Waals surface area contributed by atoms with Crippen LogP contribution in [0.5, 0.6) is 5.75 Å². The van der Waals surface area contributed by atoms with E-state index in [0.717, 1.165) is 22.6 Å². The Balaban J connectivity index is 1.27. The summed E-state index contributed by atoms with van der Waals surface area (Å²) < 4.78 is 24.3. The average molecular weight is 574 g/mol. The summed E-state index contributed by atoms with van der Waals surface area (Å²) in [6, 6.07) is 5.58. The monoisotopic (exact) mass is 573 g/mol. The van der Waals surface area contributed by atoms with Crippen LogP contribution in [0, 0.1) is 5.82 Å². The van der Waals surface area contributed by atoms with Crippen molar-refractivity contribution in [1.82, 2.24) is 20.2 Å². The fraction of sp³-hybridized carbons (Fsp3) is 0.407. The van der Waals surface area contributed by atoms with E-state index in [-0.39, 0.29) is 24.4 Å². The zero-order chi connectivity index (χ0) is 27.5. The lowest BCUT2D eigenvalue weighted by Crippen LogP contribution is -2.50. The minimum atomic E-state index is -0.706. The second kappa shape index (κ2) is 11.8. The molecule has 0 aliphatic carbocycles. The van der Waals surface area contributed by atoms with Crippen LogP contribution in [0.2, 0.25) is 5.02 Å². The Morgan fingerprint density at radius 3 is 2.87 bits per heavy atom. The Bertz CT molecular complexity index is 1380. The molecule has 1 saturated heterocycles. The molecule has 2 N–H and O–H groups in total. The predicted octanol–water partition coefficient (Wildman–Crippen LogP) is 4.30. The van der Waals surface area contributed by atoms with Gasteiger partial charge in [0.15, 0.2) is 0 Å². The number of fused-ring (bicyclic) bond motifs is 1. The number of hydrogen-bond donors (Lipinski definition) is 2. The molecule has 2 amide bonds. The van der Waals surface area contributed by atoms with Crippen molar-refractivity contribution in [1.29, 1.82) is 0 Å². The van der Waals surface area contributed by atoms with E-state index in [4.69, 9.17) is 21.1 Å². The number of thiophene rings is 1. The first-order valence-corrected chi connectivity index (χ1v) is 13.9. The standard InChI is InChI=1S/C27H29ClFN5O4S/c1-15(25(35)30-13-16-9-17(29)11-19(10-16)37-2)34-6-3-22-20(26(34)36)12-23(39-22)24-21(28)14-31-27(33-24)32-18-4-7-38-8-5-18/h9-12,14-15,18H,3-8,13H2,1-2H3,(H,30,35)(H,31,32,33)/t15-/m0/s1. The lowest BCUT2D eigenvalue weighted by Gasteiger charge is -2.31. The lowest BCUT2D eigenvalue weighted by molar-refractivity contribution is -0.125. The predicted molar refractivity (Wildman–Crippen MR) is 147 cm³/mol. The van der Waals surface area contributed by atoms with Crippen LogP contribution < -0.4 is 15.4 Å². The van der Waals surface area contributed by atoms with Crippen molar-refractivity contribution >= 4 is 40.7 Å². The van der Waals surface area contributed by atoms with Gasteiger partial charge < -0.3 is 25.0 Å². The Kier molecular flexibility index (Phi) is 8.29. The highest BCUT2D eigenvalue weighted by atomic mass is 35.5. The van der Waals surface area contributed by atoms with E-state index < -0.39 is 11.9 Å². The highest BCUT2D eigenvalue weighted by Crippen LogP contribution is 2.37. The maximum absolute atomic E-state index is 13.8. The summed E-state index contributed by atoms with van der Waals surface area (Å²) in [7, 11) is 1.45. The number of carbonyl (C=O) groups excluding carboxylic acids is 2. The smallest absolute Gasteiger partial charge is 0.255 e. The van der Waals surface area contributed by atoms with Gasteiger partial charge in [0.1, 0.15) is 23.3 Å². The number of carbonyl (C=O) groups is 2. The van der Waals surface area contributed by atoms with Gasteiger partial charge in [0, 0.05) is 49.7 Å². The molecule has 9 nitrogen and oxygen atoms in total. The third-order valence-electron chi connectivity index (χ3n) is 6.89. The van der Waals surface area contributed by atoms with E-state index in [0.29, 0.717) is 59.7 Å². The van der Waals surface area contributed by atoms with Gasteiger partial charge >= 0.3 is 0 Å². The van der Waals surface area contributed by atoms with E-state index >= 15 is 0 Å². The summed E-state index contributed by atoms with van der Waals surface area (Å²) in [5, 5.41) is 6.55. The molecule has 12 heteroatoms. The van der Waals surface area contributed by atoms with Crippen molar-refractivity contribution in [3.8, 4) is 16.3 Å². The van der Waals surface area contributed by atoms with Crippen molar-refractivity contribution in [2.24, 2.45) is 0 Å². The zero-order valence-electron chi connectivity index (χ0n) is 21.6. The minimum Gasteiger partial charge on any atom is -0.497 e. The van der Waals surface area contributed by atoms with Gasteiger partial charge in [-0.15, -0.1) is 11.3 Å². The number of ether oxygens (including phenoxy) is 2. The molecule has 2 aliphatic heterocycles. The quantitative estimate of drug-likeness (QED) is 0.414. The van der Waals surface area contributed by atoms with E-state index in [2.05, 4.69) is 20.6 Å². The Morgan fingerprint density at radius 1 is 1.31 bits per heavy atom. The fourth-order valence-corrected chi connectivity index (χ4v) is 6.11. The van der Waals surface area contributed by atoms with E-state index in [1.54, 1.807) is 30.2 Å². The van der Waals surface area contributed by atoms with Gasteiger partial charge in [-0.3, -0.25) is 9.59 Å². The molecule has 1 fully saturated rings. The number of nitrogens with one attached hydrogen (secondary N) is 2. The maximum Gasteiger partial charge on any atom is 0.255 e. The number of anilines is 1. The van der Waals surface area contributed by atoms with E-state index in [1.807, 2.05) is 0 Å². The first-order valence-electron chi connectivity index (χ1n) is 12.7. The molecule has 0 bridgehead atoms. The largest absolute Gasteiger partial charge is 0.497 e. The lowest BCUT2D eigenvalue weighted by atomic mass is 10.1. The number of rotatable bonds is 8. The molecule has 3 aromatic rings. The average Bonchev–Trinajstić information content (AvgIpc) is 3.38. The zero-order valence-corrected chi connectivity index (χ0v) is 23.2. The molecule has 39 heavy (non-hydrogen) atoms. The minimum absolute atomic E-state index is 0.115. The molecule has 2 aliphatic rings. The van der Waals surface area contributed by atoms with Crippen LogP contribution in [0.1, 0.15) is 40.6 Å². The molecule has 206 valence electrons. The molecule has 1 atom stereocenters. The number of amides is 2. The molecular formula is C27H29ClFN5O4S. The highest BCUT2D eigenvalue weighted by Gasteiger charge is 2.33. The van der Waals surface area contributed by atoms with Crippen molar-refractivity contribution < 1.29 is 23.5 Å². The van der Waals surface area contributed by atoms with Gasteiger partial charge in [-0.2, -0.15) is 0 Å². The summed E-state index contributed by atoms with van der Waals surface area (Å²) >= 11 is 7.94. The molecule has 0 radical (unpaired) electrons. The molecule has 0 saturated carbocycles. The van der Waals surface area contributed by atoms with Crippen LogP contribution >= 0.6 is 22.9 Å². The number of aromatic nitrogens is 2. The molecule has 0 unspecified atom stereocenters. The van der Waals surface area contributed by atoms with Crippen LogP contribution in [0.4, 0.5) is 10.3 Å². The molecule has 2 aromatic heterocycles. The molecule has 1 aromatic carbocycles. The number of benzene rings is 1. The molecule has 4 heterocycles. The van der Waals surface area contributed by atoms with Gasteiger partial charge in [0.2, 0.25) is 11.9 Å². The summed E-state index contributed by atoms with van der Waals surface area (Å²) in [6.45, 7) is 3.60. The SMILES string of the molecule is COc1cc(F)cc(CNC(=O)[C@H](C)N2CCc3sc(-c4nc(NC5CCOCC5)ncc4Cl)cc3C2=O)c1. The second-order valence-corrected chi connectivity index (χ2v) is 11.1. The van der Waals surface area contributed by atoms with Crippen molar-refractivity contribution in [3.63, 3.8) is 0 Å². The first-order chi connectivity index (χ1) is 18.8. The normalized spacial score (nSPS) is 16.5. The van der Waals surface area contributed by atoms with Gasteiger partial charge in [0.25, 0.3) is 5.91 Å². The van der Waals surface area contributed by atoms with Crippen LogP contribution in [-0.4, -0.2) is 65.6 Å². The third kappa shape index (κ3) is 6.15. The third-order valence-corrected chi connectivity index (χ3v) is 8.37. The Morgan fingerprint density at radius 2 is 2.10 bits per heavy atom. The van der Waals surface area contributed by atoms with Gasteiger partial charge in [-0.05, 0) is 43.5 Å². The Hall–Kier alpha value is -3.28. The van der Waals surface area contributed by atoms with Crippen LogP contribution in [0.25, 0.3) is 10.6 Å². The van der Waals surface area contributed by atoms with Crippen molar-refractivity contribution in [3.05, 3.63) is 57.3 Å². The van der Waals surface area contributed by atoms with Crippen LogP contribution in [-0.2, 0) is 22.5 Å². The summed E-state index contributed by atoms with van der Waals surface area (Å²) in [5.74, 6) is -0.141. The molecule has 0 spiro atoms. The summed E-state index contributed by atoms with van der Waals surface area (Å²) in [6.07, 6.45) is 3.93. The maximum atomic E-state index is 13.8. The Labute approximate surface area is 234 Å².